The monoisotopic (exact) mass is 283 g/mol. The summed E-state index contributed by atoms with van der Waals surface area (Å²) in [4.78, 5) is 16.1. The topological polar surface area (TPSA) is 104 Å². The number of hydrogen-bond acceptors (Lipinski definition) is 6. The third kappa shape index (κ3) is 2.65. The molecule has 0 aliphatic carbocycles. The first-order valence-corrected chi connectivity index (χ1v) is 6.28. The van der Waals surface area contributed by atoms with E-state index in [1.165, 1.54) is 6.20 Å². The Balaban J connectivity index is 2.62. The molecule has 0 unspecified atom stereocenters. The van der Waals surface area contributed by atoms with Crippen LogP contribution >= 0.6 is 0 Å². The van der Waals surface area contributed by atoms with Gasteiger partial charge in [-0.3, -0.25) is 14.3 Å². The molecule has 0 atom stereocenters. The Kier molecular flexibility index (Phi) is 4.09. The molecule has 0 fully saturated rings. The first-order valence-electron chi connectivity index (χ1n) is 6.28. The van der Waals surface area contributed by atoms with Crippen LogP contribution in [0.15, 0.2) is 39.5 Å². The van der Waals surface area contributed by atoms with Gasteiger partial charge in [-0.2, -0.15) is 5.26 Å². The number of pyridine rings is 2. The summed E-state index contributed by atoms with van der Waals surface area (Å²) >= 11 is 0. The molecule has 0 radical (unpaired) electrons. The van der Waals surface area contributed by atoms with E-state index >= 15 is 0 Å². The zero-order valence-corrected chi connectivity index (χ0v) is 11.6. The normalized spacial score (nSPS) is 10.7. The van der Waals surface area contributed by atoms with Gasteiger partial charge in [-0.25, -0.2) is 0 Å². The number of hydrogen-bond donors (Lipinski definition) is 1. The molecule has 21 heavy (non-hydrogen) atoms. The van der Waals surface area contributed by atoms with Crippen molar-refractivity contribution >= 4 is 11.4 Å². The van der Waals surface area contributed by atoms with E-state index in [0.717, 1.165) is 4.57 Å². The van der Waals surface area contributed by atoms with E-state index in [0.29, 0.717) is 11.3 Å². The molecular weight excluding hydrogens is 270 g/mol. The van der Waals surface area contributed by atoms with Gasteiger partial charge in [0.25, 0.3) is 5.56 Å². The summed E-state index contributed by atoms with van der Waals surface area (Å²) in [6, 6.07) is 5.27. The highest BCUT2D eigenvalue weighted by Gasteiger charge is 2.18. The number of nitrogens with zero attached hydrogens (tertiary/aromatic N) is 5. The van der Waals surface area contributed by atoms with Gasteiger partial charge >= 0.3 is 0 Å². The largest absolute Gasteiger partial charge is 0.493 e. The second-order valence-electron chi connectivity index (χ2n) is 4.24. The van der Waals surface area contributed by atoms with Crippen LogP contribution in [0.4, 0.5) is 11.4 Å². The first-order chi connectivity index (χ1) is 10.1. The van der Waals surface area contributed by atoms with E-state index < -0.39 is 5.56 Å². The molecule has 0 aliphatic heterocycles. The fourth-order valence-electron chi connectivity index (χ4n) is 1.87. The fraction of sp³-hybridized carbons (Fsp3) is 0.214. The van der Waals surface area contributed by atoms with E-state index in [4.69, 9.17) is 5.26 Å². The zero-order valence-electron chi connectivity index (χ0n) is 11.6. The highest BCUT2D eigenvalue weighted by molar-refractivity contribution is 5.56. The lowest BCUT2D eigenvalue weighted by molar-refractivity contribution is 0.409. The summed E-state index contributed by atoms with van der Waals surface area (Å²) in [5.41, 5.74) is 0.369. The van der Waals surface area contributed by atoms with Crippen LogP contribution in [0.3, 0.4) is 0 Å². The minimum atomic E-state index is -0.487. The van der Waals surface area contributed by atoms with Crippen molar-refractivity contribution in [1.82, 2.24) is 9.55 Å². The van der Waals surface area contributed by atoms with Crippen molar-refractivity contribution in [1.29, 1.82) is 5.26 Å². The molecule has 7 heteroatoms. The first kappa shape index (κ1) is 14.4. The van der Waals surface area contributed by atoms with Gasteiger partial charge in [-0.15, -0.1) is 10.2 Å². The lowest BCUT2D eigenvalue weighted by Crippen LogP contribution is -2.20. The molecule has 0 aromatic carbocycles. The summed E-state index contributed by atoms with van der Waals surface area (Å²) in [6.07, 6.45) is 3.10. The Morgan fingerprint density at radius 2 is 2.24 bits per heavy atom. The Morgan fingerprint density at radius 3 is 2.81 bits per heavy atom. The molecule has 2 rings (SSSR count). The highest BCUT2D eigenvalue weighted by Crippen LogP contribution is 2.26. The van der Waals surface area contributed by atoms with Gasteiger partial charge in [0, 0.05) is 18.3 Å². The summed E-state index contributed by atoms with van der Waals surface area (Å²) in [7, 11) is 0. The second-order valence-corrected chi connectivity index (χ2v) is 4.24. The fourth-order valence-corrected chi connectivity index (χ4v) is 1.87. The Bertz CT molecular complexity index is 788. The maximum atomic E-state index is 12.3. The average Bonchev–Trinajstić information content (AvgIpc) is 2.49. The van der Waals surface area contributed by atoms with Gasteiger partial charge in [0.2, 0.25) is 5.88 Å². The van der Waals surface area contributed by atoms with Crippen molar-refractivity contribution < 1.29 is 5.11 Å². The highest BCUT2D eigenvalue weighted by atomic mass is 16.3. The van der Waals surface area contributed by atoms with Gasteiger partial charge in [0.15, 0.2) is 5.69 Å². The minimum absolute atomic E-state index is 0.0246. The SMILES string of the molecule is CCn1c(O)c(C#N)c(C)c(N=Nc2cccnc2)c1=O. The number of aromatic nitrogens is 2. The molecule has 106 valence electrons. The summed E-state index contributed by atoms with van der Waals surface area (Å²) in [6.45, 7) is 3.48. The van der Waals surface area contributed by atoms with Crippen LogP contribution in [0.2, 0.25) is 0 Å². The number of rotatable bonds is 3. The van der Waals surface area contributed by atoms with Crippen molar-refractivity contribution in [3.8, 4) is 11.9 Å². The molecule has 0 bridgehead atoms. The summed E-state index contributed by atoms with van der Waals surface area (Å²) in [5.74, 6) is -0.345. The maximum Gasteiger partial charge on any atom is 0.281 e. The molecule has 2 aromatic heterocycles. The van der Waals surface area contributed by atoms with Crippen molar-refractivity contribution in [2.24, 2.45) is 10.2 Å². The second kappa shape index (κ2) is 5.96. The average molecular weight is 283 g/mol. The van der Waals surface area contributed by atoms with Crippen LogP contribution in [-0.4, -0.2) is 14.7 Å². The summed E-state index contributed by atoms with van der Waals surface area (Å²) < 4.78 is 1.09. The van der Waals surface area contributed by atoms with Gasteiger partial charge in [0.05, 0.1) is 6.20 Å². The van der Waals surface area contributed by atoms with Gasteiger partial charge in [0.1, 0.15) is 17.3 Å². The Hall–Kier alpha value is -3.01. The number of aromatic hydroxyl groups is 1. The van der Waals surface area contributed by atoms with Crippen molar-refractivity contribution in [3.05, 3.63) is 46.0 Å². The quantitative estimate of drug-likeness (QED) is 0.874. The molecule has 2 aromatic rings. The van der Waals surface area contributed by atoms with Gasteiger partial charge < -0.3 is 5.11 Å². The lowest BCUT2D eigenvalue weighted by atomic mass is 10.1. The van der Waals surface area contributed by atoms with Crippen LogP contribution in [0.5, 0.6) is 5.88 Å². The molecule has 2 heterocycles. The van der Waals surface area contributed by atoms with Crippen LogP contribution in [-0.2, 0) is 6.54 Å². The van der Waals surface area contributed by atoms with Gasteiger partial charge in [-0.1, -0.05) is 0 Å². The zero-order chi connectivity index (χ0) is 15.4. The van der Waals surface area contributed by atoms with Crippen molar-refractivity contribution in [2.45, 2.75) is 20.4 Å². The molecule has 7 nitrogen and oxygen atoms in total. The Morgan fingerprint density at radius 1 is 1.48 bits per heavy atom. The van der Waals surface area contributed by atoms with E-state index in [1.54, 1.807) is 32.2 Å². The van der Waals surface area contributed by atoms with Crippen LogP contribution in [0, 0.1) is 18.3 Å². The minimum Gasteiger partial charge on any atom is -0.493 e. The van der Waals surface area contributed by atoms with Crippen LogP contribution < -0.4 is 5.56 Å². The predicted octanol–water partition coefficient (Wildman–Crippen LogP) is 2.56. The third-order valence-corrected chi connectivity index (χ3v) is 3.00. The van der Waals surface area contributed by atoms with E-state index in [2.05, 4.69) is 15.2 Å². The Labute approximate surface area is 120 Å². The molecule has 1 N–H and O–H groups in total. The molecule has 0 aliphatic rings. The van der Waals surface area contributed by atoms with Crippen LogP contribution in [0.1, 0.15) is 18.1 Å². The molecule has 0 saturated heterocycles. The van der Waals surface area contributed by atoms with E-state index in [-0.39, 0.29) is 23.7 Å². The predicted molar refractivity (Wildman–Crippen MR) is 75.9 cm³/mol. The lowest BCUT2D eigenvalue weighted by Gasteiger charge is -2.10. The smallest absolute Gasteiger partial charge is 0.281 e. The van der Waals surface area contributed by atoms with E-state index in [1.807, 2.05) is 6.07 Å². The molecule has 0 spiro atoms. The van der Waals surface area contributed by atoms with Crippen molar-refractivity contribution in [2.75, 3.05) is 0 Å². The van der Waals surface area contributed by atoms with E-state index in [9.17, 15) is 9.90 Å². The molecular formula is C14H13N5O2. The third-order valence-electron chi connectivity index (χ3n) is 3.00. The van der Waals surface area contributed by atoms with Crippen molar-refractivity contribution in [3.63, 3.8) is 0 Å². The molecule has 0 saturated carbocycles. The number of nitriles is 1. The van der Waals surface area contributed by atoms with Crippen LogP contribution in [0.25, 0.3) is 0 Å². The maximum absolute atomic E-state index is 12.3. The molecule has 0 amide bonds. The van der Waals surface area contributed by atoms with Gasteiger partial charge in [-0.05, 0) is 26.0 Å². The standard InChI is InChI=1S/C14H13N5O2/c1-3-19-13(20)11(7-15)9(2)12(14(19)21)18-17-10-5-4-6-16-8-10/h4-6,8,20H,3H2,1-2H3. The number of azo groups is 1. The summed E-state index contributed by atoms with van der Waals surface area (Å²) in [5, 5.41) is 26.9.